The van der Waals surface area contributed by atoms with E-state index in [1.54, 1.807) is 11.3 Å². The van der Waals surface area contributed by atoms with Gasteiger partial charge < -0.3 is 4.90 Å². The van der Waals surface area contributed by atoms with Gasteiger partial charge >= 0.3 is 0 Å². The minimum Gasteiger partial charge on any atom is -0.342 e. The zero-order valence-electron chi connectivity index (χ0n) is 10.6. The first-order valence-electron chi connectivity index (χ1n) is 5.90. The van der Waals surface area contributed by atoms with E-state index < -0.39 is 0 Å². The highest BCUT2D eigenvalue weighted by molar-refractivity contribution is 7.13. The number of aromatic nitrogens is 2. The normalized spacial score (nSPS) is 10.6. The second-order valence-electron chi connectivity index (χ2n) is 4.04. The Bertz CT molecular complexity index is 512. The van der Waals surface area contributed by atoms with Crippen molar-refractivity contribution >= 4 is 28.1 Å². The second kappa shape index (κ2) is 6.16. The third kappa shape index (κ3) is 3.21. The Labute approximate surface area is 116 Å². The molecule has 2 aromatic rings. The first-order valence-corrected chi connectivity index (χ1v) is 7.32. The summed E-state index contributed by atoms with van der Waals surface area (Å²) >= 11 is 7.42. The van der Waals surface area contributed by atoms with E-state index in [0.29, 0.717) is 5.88 Å². The third-order valence-electron chi connectivity index (χ3n) is 2.63. The van der Waals surface area contributed by atoms with E-state index in [-0.39, 0.29) is 0 Å². The fraction of sp³-hybridized carbons (Fsp3) is 0.385. The average Bonchev–Trinajstić information content (AvgIpc) is 2.84. The molecule has 96 valence electrons. The largest absolute Gasteiger partial charge is 0.342 e. The quantitative estimate of drug-likeness (QED) is 0.784. The Kier molecular flexibility index (Phi) is 4.55. The molecule has 2 rings (SSSR count). The summed E-state index contributed by atoms with van der Waals surface area (Å²) in [4.78, 5) is 11.2. The second-order valence-corrected chi connectivity index (χ2v) is 5.14. The Morgan fingerprint density at radius 2 is 2.11 bits per heavy atom. The molecule has 0 saturated carbocycles. The minimum absolute atomic E-state index is 0.469. The monoisotopic (exact) mass is 281 g/mol. The van der Waals surface area contributed by atoms with Gasteiger partial charge in [0.1, 0.15) is 0 Å². The summed E-state index contributed by atoms with van der Waals surface area (Å²) < 4.78 is 0. The SMILES string of the molecule is CCN(Cc1cccc(C)n1)c1nc(CCl)cs1. The molecule has 0 aliphatic carbocycles. The van der Waals surface area contributed by atoms with Gasteiger partial charge in [-0.15, -0.1) is 22.9 Å². The summed E-state index contributed by atoms with van der Waals surface area (Å²) in [6.07, 6.45) is 0. The van der Waals surface area contributed by atoms with Gasteiger partial charge in [-0.2, -0.15) is 0 Å². The highest BCUT2D eigenvalue weighted by Gasteiger charge is 2.10. The number of nitrogens with zero attached hydrogens (tertiary/aromatic N) is 3. The molecule has 5 heteroatoms. The Hall–Kier alpha value is -1.13. The number of halogens is 1. The van der Waals surface area contributed by atoms with Crippen molar-refractivity contribution in [2.75, 3.05) is 11.4 Å². The van der Waals surface area contributed by atoms with Crippen LogP contribution in [0.5, 0.6) is 0 Å². The Balaban J connectivity index is 2.14. The van der Waals surface area contributed by atoms with Gasteiger partial charge in [-0.05, 0) is 26.0 Å². The molecule has 2 heterocycles. The molecule has 2 aromatic heterocycles. The van der Waals surface area contributed by atoms with Crippen molar-refractivity contribution in [2.24, 2.45) is 0 Å². The first-order chi connectivity index (χ1) is 8.72. The van der Waals surface area contributed by atoms with Crippen molar-refractivity contribution < 1.29 is 0 Å². The molecule has 0 aliphatic heterocycles. The van der Waals surface area contributed by atoms with Gasteiger partial charge in [-0.3, -0.25) is 4.98 Å². The highest BCUT2D eigenvalue weighted by Crippen LogP contribution is 2.22. The van der Waals surface area contributed by atoms with Gasteiger partial charge in [0.2, 0.25) is 0 Å². The number of hydrogen-bond donors (Lipinski definition) is 0. The molecular formula is C13H16ClN3S. The van der Waals surface area contributed by atoms with Gasteiger partial charge in [0.15, 0.2) is 5.13 Å². The molecule has 0 fully saturated rings. The van der Waals surface area contributed by atoms with Crippen molar-refractivity contribution in [3.63, 3.8) is 0 Å². The summed E-state index contributed by atoms with van der Waals surface area (Å²) in [5.74, 6) is 0.469. The molecule has 0 aromatic carbocycles. The van der Waals surface area contributed by atoms with Crippen LogP contribution in [0.25, 0.3) is 0 Å². The lowest BCUT2D eigenvalue weighted by Gasteiger charge is -2.19. The van der Waals surface area contributed by atoms with E-state index in [2.05, 4.69) is 21.8 Å². The Morgan fingerprint density at radius 3 is 2.72 bits per heavy atom. The number of pyridine rings is 1. The fourth-order valence-electron chi connectivity index (χ4n) is 1.70. The lowest BCUT2D eigenvalue weighted by atomic mass is 10.3. The van der Waals surface area contributed by atoms with Crippen LogP contribution in [0.4, 0.5) is 5.13 Å². The Morgan fingerprint density at radius 1 is 1.28 bits per heavy atom. The minimum atomic E-state index is 0.469. The topological polar surface area (TPSA) is 29.0 Å². The maximum Gasteiger partial charge on any atom is 0.185 e. The van der Waals surface area contributed by atoms with Crippen molar-refractivity contribution in [3.05, 3.63) is 40.7 Å². The third-order valence-corrected chi connectivity index (χ3v) is 3.85. The van der Waals surface area contributed by atoms with E-state index in [1.165, 1.54) is 0 Å². The van der Waals surface area contributed by atoms with E-state index in [0.717, 1.165) is 35.3 Å². The van der Waals surface area contributed by atoms with Crippen LogP contribution in [0, 0.1) is 6.92 Å². The zero-order valence-corrected chi connectivity index (χ0v) is 12.1. The molecular weight excluding hydrogens is 266 g/mol. The van der Waals surface area contributed by atoms with Gasteiger partial charge in [-0.1, -0.05) is 6.07 Å². The van der Waals surface area contributed by atoms with Crippen LogP contribution in [0.1, 0.15) is 24.0 Å². The number of anilines is 1. The van der Waals surface area contributed by atoms with Crippen LogP contribution in [-0.2, 0) is 12.4 Å². The van der Waals surface area contributed by atoms with E-state index in [4.69, 9.17) is 11.6 Å². The molecule has 0 saturated heterocycles. The van der Waals surface area contributed by atoms with E-state index >= 15 is 0 Å². The van der Waals surface area contributed by atoms with Crippen LogP contribution >= 0.6 is 22.9 Å². The van der Waals surface area contributed by atoms with Gasteiger partial charge in [0, 0.05) is 17.6 Å². The maximum absolute atomic E-state index is 5.78. The molecule has 0 atom stereocenters. The maximum atomic E-state index is 5.78. The van der Waals surface area contributed by atoms with Crippen LogP contribution in [0.3, 0.4) is 0 Å². The molecule has 0 radical (unpaired) electrons. The number of alkyl halides is 1. The molecule has 0 amide bonds. The fourth-order valence-corrected chi connectivity index (χ4v) is 2.82. The summed E-state index contributed by atoms with van der Waals surface area (Å²) in [5.41, 5.74) is 3.05. The van der Waals surface area contributed by atoms with E-state index in [1.807, 2.05) is 30.5 Å². The van der Waals surface area contributed by atoms with Gasteiger partial charge in [0.25, 0.3) is 0 Å². The summed E-state index contributed by atoms with van der Waals surface area (Å²) in [6.45, 7) is 5.82. The van der Waals surface area contributed by atoms with Crippen molar-refractivity contribution in [3.8, 4) is 0 Å². The number of aryl methyl sites for hydroxylation is 1. The first kappa shape index (κ1) is 13.3. The molecule has 0 N–H and O–H groups in total. The standard InChI is InChI=1S/C13H16ClN3S/c1-3-17(13-16-12(7-14)9-18-13)8-11-6-4-5-10(2)15-11/h4-6,9H,3,7-8H2,1-2H3. The molecule has 3 nitrogen and oxygen atoms in total. The predicted octanol–water partition coefficient (Wildman–Crippen LogP) is 3.61. The molecule has 0 unspecified atom stereocenters. The van der Waals surface area contributed by atoms with E-state index in [9.17, 15) is 0 Å². The summed E-state index contributed by atoms with van der Waals surface area (Å²) in [6, 6.07) is 6.10. The molecule has 0 spiro atoms. The predicted molar refractivity (Wildman–Crippen MR) is 77.4 cm³/mol. The summed E-state index contributed by atoms with van der Waals surface area (Å²) in [7, 11) is 0. The molecule has 0 bridgehead atoms. The van der Waals surface area contributed by atoms with Gasteiger partial charge in [-0.25, -0.2) is 4.98 Å². The van der Waals surface area contributed by atoms with Crippen LogP contribution < -0.4 is 4.90 Å². The zero-order chi connectivity index (χ0) is 13.0. The average molecular weight is 282 g/mol. The lowest BCUT2D eigenvalue weighted by Crippen LogP contribution is -2.22. The molecule has 0 aliphatic rings. The highest BCUT2D eigenvalue weighted by atomic mass is 35.5. The number of thiazole rings is 1. The van der Waals surface area contributed by atoms with Crippen molar-refractivity contribution in [2.45, 2.75) is 26.3 Å². The number of rotatable bonds is 5. The van der Waals surface area contributed by atoms with Crippen molar-refractivity contribution in [1.29, 1.82) is 0 Å². The summed E-state index contributed by atoms with van der Waals surface area (Å²) in [5, 5.41) is 3.02. The van der Waals surface area contributed by atoms with Gasteiger partial charge in [0.05, 0.1) is 23.8 Å². The molecule has 18 heavy (non-hydrogen) atoms. The number of hydrogen-bond acceptors (Lipinski definition) is 4. The smallest absolute Gasteiger partial charge is 0.185 e. The van der Waals surface area contributed by atoms with Crippen LogP contribution in [0.2, 0.25) is 0 Å². The van der Waals surface area contributed by atoms with Crippen LogP contribution in [-0.4, -0.2) is 16.5 Å². The van der Waals surface area contributed by atoms with Crippen molar-refractivity contribution in [1.82, 2.24) is 9.97 Å². The lowest BCUT2D eigenvalue weighted by molar-refractivity contribution is 0.799. The van der Waals surface area contributed by atoms with Crippen LogP contribution in [0.15, 0.2) is 23.6 Å².